The Morgan fingerprint density at radius 1 is 1.41 bits per heavy atom. The highest BCUT2D eigenvalue weighted by Crippen LogP contribution is 2.31. The summed E-state index contributed by atoms with van der Waals surface area (Å²) in [6.45, 7) is 4.43. The molecule has 8 nitrogen and oxygen atoms in total. The van der Waals surface area contributed by atoms with Gasteiger partial charge in [0.25, 0.3) is 5.56 Å². The highest BCUT2D eigenvalue weighted by molar-refractivity contribution is 7.80. The normalized spacial score (nSPS) is 10.8. The van der Waals surface area contributed by atoms with E-state index >= 15 is 0 Å². The van der Waals surface area contributed by atoms with E-state index in [9.17, 15) is 4.79 Å². The van der Waals surface area contributed by atoms with Crippen molar-refractivity contribution >= 4 is 34.1 Å². The van der Waals surface area contributed by atoms with Gasteiger partial charge < -0.3 is 20.4 Å². The first-order chi connectivity index (χ1) is 12.9. The van der Waals surface area contributed by atoms with Crippen molar-refractivity contribution in [3.05, 3.63) is 34.2 Å². The van der Waals surface area contributed by atoms with Gasteiger partial charge >= 0.3 is 0 Å². The second kappa shape index (κ2) is 7.75. The molecule has 0 aliphatic heterocycles. The summed E-state index contributed by atoms with van der Waals surface area (Å²) in [4.78, 5) is 20.1. The number of benzene rings is 1. The summed E-state index contributed by atoms with van der Waals surface area (Å²) < 4.78 is 7.40. The Morgan fingerprint density at radius 3 is 2.89 bits per heavy atom. The standard InChI is InChI=1S/C18H22N6O2S/c1-5-8-26-13-7-6-11(20-18(27)19-3)9-12(13)16-21-14-10(2)23-24(4)15(14)17(25)22-16/h6-7,9H,5,8H2,1-4H3,(H2,19,20,27)(H,21,22,25). The van der Waals surface area contributed by atoms with Crippen LogP contribution in [0.5, 0.6) is 5.75 Å². The molecule has 3 rings (SSSR count). The van der Waals surface area contributed by atoms with Crippen LogP contribution in [0.4, 0.5) is 5.69 Å². The van der Waals surface area contributed by atoms with E-state index < -0.39 is 0 Å². The molecule has 0 saturated heterocycles. The third-order valence-electron chi connectivity index (χ3n) is 4.04. The van der Waals surface area contributed by atoms with Crippen LogP contribution in [0, 0.1) is 6.92 Å². The van der Waals surface area contributed by atoms with Crippen molar-refractivity contribution in [2.45, 2.75) is 20.3 Å². The van der Waals surface area contributed by atoms with Crippen LogP contribution in [0.15, 0.2) is 23.0 Å². The minimum atomic E-state index is -0.247. The van der Waals surface area contributed by atoms with Gasteiger partial charge in [-0.15, -0.1) is 0 Å². The lowest BCUT2D eigenvalue weighted by Gasteiger charge is -2.14. The highest BCUT2D eigenvalue weighted by Gasteiger charge is 2.16. The first-order valence-electron chi connectivity index (χ1n) is 8.64. The van der Waals surface area contributed by atoms with Gasteiger partial charge in [-0.3, -0.25) is 9.48 Å². The maximum absolute atomic E-state index is 12.6. The van der Waals surface area contributed by atoms with Gasteiger partial charge in [0.05, 0.1) is 17.9 Å². The van der Waals surface area contributed by atoms with E-state index in [-0.39, 0.29) is 5.56 Å². The number of rotatable bonds is 5. The highest BCUT2D eigenvalue weighted by atomic mass is 32.1. The van der Waals surface area contributed by atoms with Crippen molar-refractivity contribution in [1.29, 1.82) is 0 Å². The lowest BCUT2D eigenvalue weighted by atomic mass is 10.1. The quantitative estimate of drug-likeness (QED) is 0.579. The van der Waals surface area contributed by atoms with Gasteiger partial charge in [0.2, 0.25) is 0 Å². The maximum Gasteiger partial charge on any atom is 0.277 e. The molecule has 3 N–H and O–H groups in total. The lowest BCUT2D eigenvalue weighted by Crippen LogP contribution is -2.24. The van der Waals surface area contributed by atoms with Crippen LogP contribution in [0.3, 0.4) is 0 Å². The number of H-pyrrole nitrogens is 1. The molecule has 0 saturated carbocycles. The second-order valence-electron chi connectivity index (χ2n) is 6.08. The fraction of sp³-hybridized carbons (Fsp3) is 0.333. The first kappa shape index (κ1) is 18.8. The van der Waals surface area contributed by atoms with Crippen molar-refractivity contribution in [2.75, 3.05) is 19.0 Å². The fourth-order valence-electron chi connectivity index (χ4n) is 2.79. The molecule has 0 radical (unpaired) electrons. The average molecular weight is 386 g/mol. The number of thiocarbonyl (C=S) groups is 1. The smallest absolute Gasteiger partial charge is 0.277 e. The Hall–Kier alpha value is -2.94. The van der Waals surface area contributed by atoms with Crippen LogP contribution in [-0.4, -0.2) is 38.5 Å². The summed E-state index contributed by atoms with van der Waals surface area (Å²) in [6.07, 6.45) is 0.869. The third kappa shape index (κ3) is 3.77. The van der Waals surface area contributed by atoms with Crippen molar-refractivity contribution in [3.63, 3.8) is 0 Å². The molecular formula is C18H22N6O2S. The molecule has 0 fully saturated rings. The minimum absolute atomic E-state index is 0.247. The molecule has 0 bridgehead atoms. The van der Waals surface area contributed by atoms with Crippen molar-refractivity contribution in [1.82, 2.24) is 25.1 Å². The molecule has 0 aliphatic carbocycles. The van der Waals surface area contributed by atoms with Gasteiger partial charge in [-0.05, 0) is 43.8 Å². The summed E-state index contributed by atoms with van der Waals surface area (Å²) in [7, 11) is 3.47. The molecule has 0 amide bonds. The van der Waals surface area contributed by atoms with Crippen LogP contribution in [-0.2, 0) is 7.05 Å². The fourth-order valence-corrected chi connectivity index (χ4v) is 2.91. The molecule has 0 spiro atoms. The number of aromatic nitrogens is 4. The van der Waals surface area contributed by atoms with E-state index in [0.29, 0.717) is 45.6 Å². The SMILES string of the molecule is CCCOc1ccc(NC(=S)NC)cc1-c1nc2c(C)nn(C)c2c(=O)[nH]1. The number of nitrogens with zero attached hydrogens (tertiary/aromatic N) is 3. The van der Waals surface area contributed by atoms with E-state index in [4.69, 9.17) is 17.0 Å². The number of hydrogen-bond acceptors (Lipinski definition) is 5. The zero-order chi connectivity index (χ0) is 19.6. The average Bonchev–Trinajstić information content (AvgIpc) is 2.94. The number of aryl methyl sites for hydroxylation is 2. The molecule has 1 aromatic carbocycles. The minimum Gasteiger partial charge on any atom is -0.493 e. The van der Waals surface area contributed by atoms with Gasteiger partial charge in [-0.1, -0.05) is 6.92 Å². The molecule has 0 aliphatic rings. The summed E-state index contributed by atoms with van der Waals surface area (Å²) in [5, 5.41) is 10.7. The molecule has 2 heterocycles. The molecule has 142 valence electrons. The Morgan fingerprint density at radius 2 is 2.19 bits per heavy atom. The molecule has 2 aromatic heterocycles. The Labute approximate surface area is 162 Å². The molecule has 0 unspecified atom stereocenters. The predicted octanol–water partition coefficient (Wildman–Crippen LogP) is 2.34. The van der Waals surface area contributed by atoms with Gasteiger partial charge in [0.15, 0.2) is 10.6 Å². The number of anilines is 1. The third-order valence-corrected chi connectivity index (χ3v) is 4.35. The molecule has 0 atom stereocenters. The summed E-state index contributed by atoms with van der Waals surface area (Å²) in [5.74, 6) is 1.07. The van der Waals surface area contributed by atoms with Crippen LogP contribution < -0.4 is 20.9 Å². The van der Waals surface area contributed by atoms with Crippen LogP contribution in [0.2, 0.25) is 0 Å². The Balaban J connectivity index is 2.16. The first-order valence-corrected chi connectivity index (χ1v) is 9.05. The lowest BCUT2D eigenvalue weighted by molar-refractivity contribution is 0.318. The number of hydrogen-bond donors (Lipinski definition) is 3. The zero-order valence-electron chi connectivity index (χ0n) is 15.7. The monoisotopic (exact) mass is 386 g/mol. The maximum atomic E-state index is 12.6. The van der Waals surface area contributed by atoms with Crippen molar-refractivity contribution < 1.29 is 4.74 Å². The van der Waals surface area contributed by atoms with E-state index in [1.165, 1.54) is 4.68 Å². The Bertz CT molecular complexity index is 1060. The van der Waals surface area contributed by atoms with Gasteiger partial charge in [0.1, 0.15) is 17.1 Å². The van der Waals surface area contributed by atoms with Crippen LogP contribution >= 0.6 is 12.2 Å². The van der Waals surface area contributed by atoms with Gasteiger partial charge in [-0.2, -0.15) is 5.10 Å². The summed E-state index contributed by atoms with van der Waals surface area (Å²) in [5.41, 5.74) is 2.90. The number of fused-ring (bicyclic) bond motifs is 1. The van der Waals surface area contributed by atoms with Crippen LogP contribution in [0.1, 0.15) is 19.0 Å². The topological polar surface area (TPSA) is 96.9 Å². The van der Waals surface area contributed by atoms with Crippen molar-refractivity contribution in [3.8, 4) is 17.1 Å². The van der Waals surface area contributed by atoms with Gasteiger partial charge in [0, 0.05) is 19.8 Å². The number of ether oxygens (including phenoxy) is 1. The van der Waals surface area contributed by atoms with E-state index in [2.05, 4.69) is 25.7 Å². The molecule has 3 aromatic rings. The summed E-state index contributed by atoms with van der Waals surface area (Å²) in [6, 6.07) is 5.56. The molecular weight excluding hydrogens is 364 g/mol. The van der Waals surface area contributed by atoms with Gasteiger partial charge in [-0.25, -0.2) is 4.98 Å². The van der Waals surface area contributed by atoms with Crippen molar-refractivity contribution in [2.24, 2.45) is 7.05 Å². The predicted molar refractivity (Wildman–Crippen MR) is 110 cm³/mol. The number of aromatic amines is 1. The largest absolute Gasteiger partial charge is 0.493 e. The zero-order valence-corrected chi connectivity index (χ0v) is 16.5. The van der Waals surface area contributed by atoms with E-state index in [1.807, 2.05) is 32.0 Å². The Kier molecular flexibility index (Phi) is 5.41. The molecule has 27 heavy (non-hydrogen) atoms. The summed E-state index contributed by atoms with van der Waals surface area (Å²) >= 11 is 5.17. The number of nitrogens with one attached hydrogen (secondary N) is 3. The van der Waals surface area contributed by atoms with E-state index in [0.717, 1.165) is 12.1 Å². The second-order valence-corrected chi connectivity index (χ2v) is 6.49. The van der Waals surface area contributed by atoms with Crippen LogP contribution in [0.25, 0.3) is 22.4 Å². The molecule has 9 heteroatoms. The van der Waals surface area contributed by atoms with E-state index in [1.54, 1.807) is 14.1 Å².